The molecule has 0 atom stereocenters. The van der Waals surface area contributed by atoms with E-state index in [4.69, 9.17) is 9.98 Å². The van der Waals surface area contributed by atoms with Crippen molar-refractivity contribution >= 4 is 11.8 Å². The minimum Gasteiger partial charge on any atom is -0.333 e. The maximum Gasteiger partial charge on any atom is 0.245 e. The van der Waals surface area contributed by atoms with Crippen molar-refractivity contribution in [3.05, 3.63) is 125 Å². The normalized spacial score (nSPS) is 15.8. The first-order valence-electron chi connectivity index (χ1n) is 12.7. The molecule has 37 heavy (non-hydrogen) atoms. The quantitative estimate of drug-likeness (QED) is 0.361. The van der Waals surface area contributed by atoms with Crippen LogP contribution >= 0.6 is 0 Å². The number of hydrogen-bond donors (Lipinski definition) is 1. The Morgan fingerprint density at radius 1 is 0.865 bits per heavy atom. The molecule has 6 rings (SSSR count). The molecule has 0 spiro atoms. The van der Waals surface area contributed by atoms with Gasteiger partial charge in [0.2, 0.25) is 5.95 Å². The Morgan fingerprint density at radius 3 is 2.16 bits per heavy atom. The molecule has 2 aliphatic rings. The number of aliphatic imine (C=N–C) groups is 1. The number of aromatic amines is 1. The number of hydrogen-bond acceptors (Lipinski definition) is 5. The number of nitrogens with one attached hydrogen (secondary N) is 1. The van der Waals surface area contributed by atoms with Crippen LogP contribution in [-0.4, -0.2) is 39.0 Å². The van der Waals surface area contributed by atoms with Crippen molar-refractivity contribution < 1.29 is 0 Å². The maximum atomic E-state index is 5.11. The molecule has 184 valence electrons. The van der Waals surface area contributed by atoms with E-state index < -0.39 is 0 Å². The van der Waals surface area contributed by atoms with E-state index in [1.807, 2.05) is 0 Å². The molecule has 4 aromatic rings. The SMILES string of the molecule is C=C1C2=C(CN(c3n[nH]c(-c4ccc(C)cc4)n3)CC2)N=C(C)N1C(c1ccccc1)c1ccccc1. The van der Waals surface area contributed by atoms with Crippen LogP contribution in [0.25, 0.3) is 11.4 Å². The zero-order valence-electron chi connectivity index (χ0n) is 21.2. The van der Waals surface area contributed by atoms with Crippen LogP contribution in [0.2, 0.25) is 0 Å². The minimum atomic E-state index is 0.0100. The van der Waals surface area contributed by atoms with Crippen LogP contribution in [0, 0.1) is 6.92 Å². The predicted molar refractivity (Wildman–Crippen MR) is 149 cm³/mol. The molecule has 3 aromatic carbocycles. The number of nitrogens with zero attached hydrogens (tertiary/aromatic N) is 5. The van der Waals surface area contributed by atoms with Crippen molar-refractivity contribution in [2.45, 2.75) is 26.3 Å². The highest BCUT2D eigenvalue weighted by atomic mass is 15.4. The lowest BCUT2D eigenvalue weighted by molar-refractivity contribution is 0.427. The molecule has 0 aliphatic carbocycles. The van der Waals surface area contributed by atoms with E-state index in [1.54, 1.807) is 0 Å². The van der Waals surface area contributed by atoms with E-state index >= 15 is 0 Å². The van der Waals surface area contributed by atoms with Gasteiger partial charge in [-0.2, -0.15) is 4.98 Å². The van der Waals surface area contributed by atoms with Gasteiger partial charge in [-0.1, -0.05) is 97.1 Å². The summed E-state index contributed by atoms with van der Waals surface area (Å²) < 4.78 is 0. The zero-order chi connectivity index (χ0) is 25.4. The van der Waals surface area contributed by atoms with Gasteiger partial charge >= 0.3 is 0 Å². The number of anilines is 1. The molecule has 0 bridgehead atoms. The van der Waals surface area contributed by atoms with Crippen LogP contribution < -0.4 is 4.90 Å². The molecule has 1 N–H and O–H groups in total. The van der Waals surface area contributed by atoms with Crippen LogP contribution in [-0.2, 0) is 0 Å². The van der Waals surface area contributed by atoms with Crippen LogP contribution in [0.15, 0.2) is 113 Å². The van der Waals surface area contributed by atoms with E-state index in [-0.39, 0.29) is 6.04 Å². The number of benzene rings is 3. The second kappa shape index (κ2) is 9.54. The molecule has 0 saturated carbocycles. The number of aromatic nitrogens is 3. The van der Waals surface area contributed by atoms with Crippen molar-refractivity contribution in [1.82, 2.24) is 20.1 Å². The average Bonchev–Trinajstić information content (AvgIpc) is 3.42. The highest BCUT2D eigenvalue weighted by Crippen LogP contribution is 2.39. The van der Waals surface area contributed by atoms with Crippen LogP contribution in [0.4, 0.5) is 5.95 Å². The van der Waals surface area contributed by atoms with Gasteiger partial charge in [0.1, 0.15) is 5.84 Å². The second-order valence-electron chi connectivity index (χ2n) is 9.65. The van der Waals surface area contributed by atoms with E-state index in [9.17, 15) is 0 Å². The summed E-state index contributed by atoms with van der Waals surface area (Å²) >= 11 is 0. The molecule has 0 radical (unpaired) electrons. The molecular formula is C31H30N6. The summed E-state index contributed by atoms with van der Waals surface area (Å²) in [4.78, 5) is 14.4. The van der Waals surface area contributed by atoms with Crippen molar-refractivity contribution in [3.8, 4) is 11.4 Å². The first-order valence-corrected chi connectivity index (χ1v) is 12.7. The fourth-order valence-electron chi connectivity index (χ4n) is 5.26. The first-order chi connectivity index (χ1) is 18.1. The Labute approximate surface area is 217 Å². The van der Waals surface area contributed by atoms with Crippen LogP contribution in [0.3, 0.4) is 0 Å². The van der Waals surface area contributed by atoms with Crippen molar-refractivity contribution in [2.75, 3.05) is 18.0 Å². The molecule has 0 fully saturated rings. The lowest BCUT2D eigenvalue weighted by atomic mass is 9.92. The molecule has 0 unspecified atom stereocenters. The molecule has 3 heterocycles. The summed E-state index contributed by atoms with van der Waals surface area (Å²) in [5.41, 5.74) is 7.98. The molecular weight excluding hydrogens is 456 g/mol. The van der Waals surface area contributed by atoms with Crippen molar-refractivity contribution in [3.63, 3.8) is 0 Å². The van der Waals surface area contributed by atoms with Crippen molar-refractivity contribution in [1.29, 1.82) is 0 Å². The first kappa shape index (κ1) is 23.0. The minimum absolute atomic E-state index is 0.0100. The molecule has 0 amide bonds. The van der Waals surface area contributed by atoms with Gasteiger partial charge in [0.25, 0.3) is 0 Å². The Hall–Kier alpha value is -4.45. The van der Waals surface area contributed by atoms with Gasteiger partial charge in [-0.05, 0) is 31.4 Å². The Bertz CT molecular complexity index is 1440. The molecule has 6 heteroatoms. The highest BCUT2D eigenvalue weighted by Gasteiger charge is 2.34. The number of H-pyrrole nitrogens is 1. The summed E-state index contributed by atoms with van der Waals surface area (Å²) in [6, 6.07) is 29.5. The Balaban J connectivity index is 1.28. The monoisotopic (exact) mass is 486 g/mol. The lowest BCUT2D eigenvalue weighted by Crippen LogP contribution is -2.41. The standard InChI is InChI=1S/C31H30N6/c1-21-14-16-26(17-15-21)30-33-31(35-34-30)36-19-18-27-22(2)37(23(3)32-28(27)20-36)29(24-10-6-4-7-11-24)25-12-8-5-9-13-25/h4-17,29H,2,18-20H2,1,3H3,(H,33,34,35). The summed E-state index contributed by atoms with van der Waals surface area (Å²) in [6.07, 6.45) is 0.839. The fourth-order valence-corrected chi connectivity index (χ4v) is 5.26. The summed E-state index contributed by atoms with van der Waals surface area (Å²) in [7, 11) is 0. The molecule has 1 aromatic heterocycles. The van der Waals surface area contributed by atoms with Gasteiger partial charge < -0.3 is 9.80 Å². The summed E-state index contributed by atoms with van der Waals surface area (Å²) in [5, 5.41) is 7.63. The number of aryl methyl sites for hydroxylation is 1. The van der Waals surface area contributed by atoms with Crippen LogP contribution in [0.5, 0.6) is 0 Å². The highest BCUT2D eigenvalue weighted by molar-refractivity contribution is 5.86. The van der Waals surface area contributed by atoms with Gasteiger partial charge in [0, 0.05) is 23.4 Å². The third-order valence-electron chi connectivity index (χ3n) is 7.18. The molecule has 2 aliphatic heterocycles. The molecule has 0 saturated heterocycles. The van der Waals surface area contributed by atoms with Gasteiger partial charge in [-0.15, -0.1) is 5.10 Å². The zero-order valence-corrected chi connectivity index (χ0v) is 21.2. The maximum absolute atomic E-state index is 5.11. The molecule has 6 nitrogen and oxygen atoms in total. The lowest BCUT2D eigenvalue weighted by Gasteiger charge is -2.41. The summed E-state index contributed by atoms with van der Waals surface area (Å²) in [5.74, 6) is 2.43. The van der Waals surface area contributed by atoms with E-state index in [0.29, 0.717) is 12.5 Å². The van der Waals surface area contributed by atoms with E-state index in [1.165, 1.54) is 22.3 Å². The number of allylic oxidation sites excluding steroid dienone is 1. The van der Waals surface area contributed by atoms with Gasteiger partial charge in [-0.25, -0.2) is 4.99 Å². The fraction of sp³-hybridized carbons (Fsp3) is 0.194. The van der Waals surface area contributed by atoms with Gasteiger partial charge in [0.15, 0.2) is 5.82 Å². The van der Waals surface area contributed by atoms with Gasteiger partial charge in [0.05, 0.1) is 18.3 Å². The second-order valence-corrected chi connectivity index (χ2v) is 9.65. The number of amidine groups is 1. The van der Waals surface area contributed by atoms with Crippen LogP contribution in [0.1, 0.15) is 36.1 Å². The van der Waals surface area contributed by atoms with E-state index in [0.717, 1.165) is 41.6 Å². The topological polar surface area (TPSA) is 60.4 Å². The van der Waals surface area contributed by atoms with Gasteiger partial charge in [-0.3, -0.25) is 5.10 Å². The largest absolute Gasteiger partial charge is 0.333 e. The third-order valence-corrected chi connectivity index (χ3v) is 7.18. The third kappa shape index (κ3) is 4.35. The Morgan fingerprint density at radius 2 is 1.51 bits per heavy atom. The van der Waals surface area contributed by atoms with Crippen molar-refractivity contribution in [2.24, 2.45) is 4.99 Å². The smallest absolute Gasteiger partial charge is 0.245 e. The Kier molecular flexibility index (Phi) is 5.93. The summed E-state index contributed by atoms with van der Waals surface area (Å²) in [6.45, 7) is 10.2. The average molecular weight is 487 g/mol. The van der Waals surface area contributed by atoms with E-state index in [2.05, 4.69) is 125 Å². The number of rotatable bonds is 5. The predicted octanol–water partition coefficient (Wildman–Crippen LogP) is 6.28.